The van der Waals surface area contributed by atoms with Gasteiger partial charge in [0.15, 0.2) is 0 Å². The van der Waals surface area contributed by atoms with Crippen LogP contribution in [0.25, 0.3) is 11.0 Å². The Morgan fingerprint density at radius 1 is 0.867 bits per heavy atom. The first-order chi connectivity index (χ1) is 14.8. The van der Waals surface area contributed by atoms with E-state index in [9.17, 15) is 4.79 Å². The monoisotopic (exact) mass is 404 g/mol. The molecule has 7 nitrogen and oxygen atoms in total. The Hall–Kier alpha value is -2.93. The predicted octanol–water partition coefficient (Wildman–Crippen LogP) is 2.49. The van der Waals surface area contributed by atoms with Crippen molar-refractivity contribution in [3.63, 3.8) is 0 Å². The molecule has 0 aliphatic carbocycles. The van der Waals surface area contributed by atoms with Crippen LogP contribution in [0.5, 0.6) is 0 Å². The number of hydrogen-bond donors (Lipinski definition) is 0. The molecule has 5 rings (SSSR count). The van der Waals surface area contributed by atoms with Crippen molar-refractivity contribution in [1.29, 1.82) is 0 Å². The van der Waals surface area contributed by atoms with Gasteiger partial charge in [-0.3, -0.25) is 9.78 Å². The van der Waals surface area contributed by atoms with Crippen LogP contribution < -0.4 is 4.90 Å². The van der Waals surface area contributed by atoms with Crippen molar-refractivity contribution in [1.82, 2.24) is 24.3 Å². The number of hydrogen-bond acceptors (Lipinski definition) is 5. The zero-order chi connectivity index (χ0) is 20.3. The molecule has 156 valence electrons. The zero-order valence-corrected chi connectivity index (χ0v) is 17.3. The highest BCUT2D eigenvalue weighted by Gasteiger charge is 2.23. The standard InChI is InChI=1S/C23H28N6O/c30-23(20-5-8-24-9-6-20)29-17-15-27(16-18-29)21-4-3-19-7-12-28(22(19)25-21)14-13-26-10-1-2-11-26/h3-9,12H,1-2,10-11,13-18H2. The summed E-state index contributed by atoms with van der Waals surface area (Å²) in [5.41, 5.74) is 1.76. The normalized spacial score (nSPS) is 17.7. The van der Waals surface area contributed by atoms with E-state index in [4.69, 9.17) is 4.98 Å². The molecule has 1 amide bonds. The fourth-order valence-electron chi connectivity index (χ4n) is 4.48. The highest BCUT2D eigenvalue weighted by Crippen LogP contribution is 2.21. The maximum atomic E-state index is 12.7. The molecule has 0 radical (unpaired) electrons. The Morgan fingerprint density at radius 3 is 2.40 bits per heavy atom. The molecular formula is C23H28N6O. The van der Waals surface area contributed by atoms with E-state index in [0.717, 1.165) is 37.6 Å². The number of rotatable bonds is 5. The van der Waals surface area contributed by atoms with Gasteiger partial charge in [-0.25, -0.2) is 4.98 Å². The van der Waals surface area contributed by atoms with Crippen LogP contribution in [0.2, 0.25) is 0 Å². The summed E-state index contributed by atoms with van der Waals surface area (Å²) in [6.07, 6.45) is 8.14. The van der Waals surface area contributed by atoms with Gasteiger partial charge >= 0.3 is 0 Å². The minimum atomic E-state index is 0.0799. The van der Waals surface area contributed by atoms with Gasteiger partial charge in [-0.1, -0.05) is 0 Å². The van der Waals surface area contributed by atoms with Crippen LogP contribution >= 0.6 is 0 Å². The Kier molecular flexibility index (Phi) is 5.36. The second-order valence-electron chi connectivity index (χ2n) is 8.16. The largest absolute Gasteiger partial charge is 0.353 e. The van der Waals surface area contributed by atoms with Gasteiger partial charge < -0.3 is 19.3 Å². The fraction of sp³-hybridized carbons (Fsp3) is 0.435. The number of nitrogens with zero attached hydrogens (tertiary/aromatic N) is 6. The van der Waals surface area contributed by atoms with E-state index < -0.39 is 0 Å². The Balaban J connectivity index is 1.25. The molecule has 2 aliphatic rings. The summed E-state index contributed by atoms with van der Waals surface area (Å²) in [4.78, 5) is 28.4. The average Bonchev–Trinajstić information content (AvgIpc) is 3.47. The molecule has 0 spiro atoms. The van der Waals surface area contributed by atoms with Gasteiger partial charge in [0.2, 0.25) is 0 Å². The lowest BCUT2D eigenvalue weighted by Crippen LogP contribution is -2.49. The number of amides is 1. The van der Waals surface area contributed by atoms with Gasteiger partial charge in [0.25, 0.3) is 5.91 Å². The fourth-order valence-corrected chi connectivity index (χ4v) is 4.48. The smallest absolute Gasteiger partial charge is 0.254 e. The molecule has 3 aromatic rings. The van der Waals surface area contributed by atoms with Crippen molar-refractivity contribution < 1.29 is 4.79 Å². The number of piperazine rings is 1. The number of fused-ring (bicyclic) bond motifs is 1. The summed E-state index contributed by atoms with van der Waals surface area (Å²) >= 11 is 0. The topological polar surface area (TPSA) is 57.5 Å². The number of pyridine rings is 2. The third kappa shape index (κ3) is 3.89. The Bertz CT molecular complexity index is 1000. The first-order valence-corrected chi connectivity index (χ1v) is 10.9. The number of likely N-dealkylation sites (tertiary alicyclic amines) is 1. The quantitative estimate of drug-likeness (QED) is 0.654. The van der Waals surface area contributed by atoms with E-state index in [-0.39, 0.29) is 5.91 Å². The highest BCUT2D eigenvalue weighted by molar-refractivity contribution is 5.94. The van der Waals surface area contributed by atoms with Crippen LogP contribution in [0.3, 0.4) is 0 Å². The molecular weight excluding hydrogens is 376 g/mol. The molecule has 30 heavy (non-hydrogen) atoms. The maximum absolute atomic E-state index is 12.7. The van der Waals surface area contributed by atoms with Gasteiger partial charge in [-0.15, -0.1) is 0 Å². The minimum absolute atomic E-state index is 0.0799. The third-order valence-corrected chi connectivity index (χ3v) is 6.27. The summed E-state index contributed by atoms with van der Waals surface area (Å²) in [5, 5.41) is 1.19. The second kappa shape index (κ2) is 8.44. The van der Waals surface area contributed by atoms with Crippen molar-refractivity contribution in [2.24, 2.45) is 0 Å². The van der Waals surface area contributed by atoms with Crippen molar-refractivity contribution in [2.75, 3.05) is 50.7 Å². The lowest BCUT2D eigenvalue weighted by atomic mass is 10.2. The van der Waals surface area contributed by atoms with Gasteiger partial charge in [0, 0.05) is 68.8 Å². The molecule has 0 saturated carbocycles. The molecule has 0 atom stereocenters. The summed E-state index contributed by atoms with van der Waals surface area (Å²) in [6.45, 7) is 7.52. The van der Waals surface area contributed by atoms with Crippen LogP contribution in [-0.4, -0.2) is 76.1 Å². The third-order valence-electron chi connectivity index (χ3n) is 6.27. The van der Waals surface area contributed by atoms with Gasteiger partial charge in [0.1, 0.15) is 11.5 Å². The zero-order valence-electron chi connectivity index (χ0n) is 17.3. The molecule has 2 aliphatic heterocycles. The average molecular weight is 405 g/mol. The first kappa shape index (κ1) is 19.1. The minimum Gasteiger partial charge on any atom is -0.353 e. The number of carbonyl (C=O) groups is 1. The predicted molar refractivity (Wildman–Crippen MR) is 118 cm³/mol. The lowest BCUT2D eigenvalue weighted by Gasteiger charge is -2.35. The molecule has 2 fully saturated rings. The van der Waals surface area contributed by atoms with E-state index in [1.54, 1.807) is 24.5 Å². The summed E-state index contributed by atoms with van der Waals surface area (Å²) < 4.78 is 2.28. The lowest BCUT2D eigenvalue weighted by molar-refractivity contribution is 0.0746. The summed E-state index contributed by atoms with van der Waals surface area (Å²) in [6, 6.07) is 9.98. The molecule has 7 heteroatoms. The summed E-state index contributed by atoms with van der Waals surface area (Å²) in [5.74, 6) is 1.08. The Morgan fingerprint density at radius 2 is 1.63 bits per heavy atom. The van der Waals surface area contributed by atoms with Crippen molar-refractivity contribution in [3.8, 4) is 0 Å². The summed E-state index contributed by atoms with van der Waals surface area (Å²) in [7, 11) is 0. The van der Waals surface area contributed by atoms with Crippen LogP contribution in [0.1, 0.15) is 23.2 Å². The van der Waals surface area contributed by atoms with Crippen molar-refractivity contribution >= 4 is 22.8 Å². The Labute approximate surface area is 176 Å². The molecule has 0 aromatic carbocycles. The van der Waals surface area contributed by atoms with E-state index in [1.165, 1.54) is 31.3 Å². The molecule has 3 aromatic heterocycles. The van der Waals surface area contributed by atoms with Crippen LogP contribution in [0.4, 0.5) is 5.82 Å². The van der Waals surface area contributed by atoms with E-state index >= 15 is 0 Å². The van der Waals surface area contributed by atoms with Crippen LogP contribution in [0.15, 0.2) is 48.9 Å². The number of carbonyl (C=O) groups excluding carboxylic acids is 1. The molecule has 0 bridgehead atoms. The number of aromatic nitrogens is 3. The van der Waals surface area contributed by atoms with Gasteiger partial charge in [-0.2, -0.15) is 0 Å². The van der Waals surface area contributed by atoms with Gasteiger partial charge in [0.05, 0.1) is 0 Å². The van der Waals surface area contributed by atoms with Crippen molar-refractivity contribution in [3.05, 3.63) is 54.5 Å². The molecule has 0 N–H and O–H groups in total. The van der Waals surface area contributed by atoms with E-state index in [1.807, 2.05) is 4.90 Å². The SMILES string of the molecule is O=C(c1ccncc1)N1CCN(c2ccc3ccn(CCN4CCCC4)c3n2)CC1. The van der Waals surface area contributed by atoms with E-state index in [2.05, 4.69) is 43.7 Å². The van der Waals surface area contributed by atoms with E-state index in [0.29, 0.717) is 18.7 Å². The second-order valence-corrected chi connectivity index (χ2v) is 8.16. The molecule has 2 saturated heterocycles. The molecule has 0 unspecified atom stereocenters. The first-order valence-electron chi connectivity index (χ1n) is 10.9. The van der Waals surface area contributed by atoms with Gasteiger partial charge in [-0.05, 0) is 56.3 Å². The van der Waals surface area contributed by atoms with Crippen LogP contribution in [-0.2, 0) is 6.54 Å². The molecule has 5 heterocycles. The highest BCUT2D eigenvalue weighted by atomic mass is 16.2. The number of anilines is 1. The maximum Gasteiger partial charge on any atom is 0.254 e. The van der Waals surface area contributed by atoms with Crippen LogP contribution in [0, 0.1) is 0 Å². The van der Waals surface area contributed by atoms with Crippen molar-refractivity contribution in [2.45, 2.75) is 19.4 Å².